The minimum Gasteiger partial charge on any atom is -0.490 e. The molecule has 0 aliphatic rings. The predicted octanol–water partition coefficient (Wildman–Crippen LogP) is 1.56. The van der Waals surface area contributed by atoms with E-state index in [1.165, 1.54) is 13.2 Å². The Morgan fingerprint density at radius 2 is 2.36 bits per heavy atom. The zero-order valence-corrected chi connectivity index (χ0v) is 7.41. The molecule has 0 aromatic rings. The lowest BCUT2D eigenvalue weighted by Gasteiger charge is -1.95. The van der Waals surface area contributed by atoms with Gasteiger partial charge >= 0.3 is 5.97 Å². The van der Waals surface area contributed by atoms with E-state index in [0.29, 0.717) is 5.05 Å². The molecule has 3 nitrogen and oxygen atoms in total. The van der Waals surface area contributed by atoms with Gasteiger partial charge in [0.2, 0.25) is 0 Å². The molecular formula is C6H7ClO3S. The van der Waals surface area contributed by atoms with Gasteiger partial charge < -0.3 is 9.84 Å². The summed E-state index contributed by atoms with van der Waals surface area (Å²) in [5.41, 5.74) is 0. The lowest BCUT2D eigenvalue weighted by atomic mass is 10.4. The van der Waals surface area contributed by atoms with Crippen LogP contribution < -0.4 is 0 Å². The van der Waals surface area contributed by atoms with E-state index < -0.39 is 5.97 Å². The Kier molecular flexibility index (Phi) is 4.81. The molecule has 0 rings (SSSR count). The summed E-state index contributed by atoms with van der Waals surface area (Å²) in [6.07, 6.45) is 1.53. The highest BCUT2D eigenvalue weighted by Crippen LogP contribution is 2.03. The monoisotopic (exact) mass is 194 g/mol. The third-order valence-electron chi connectivity index (χ3n) is 0.880. The zero-order chi connectivity index (χ0) is 8.85. The molecule has 0 fully saturated rings. The van der Waals surface area contributed by atoms with Gasteiger partial charge in [0.15, 0.2) is 5.05 Å². The molecule has 62 valence electrons. The Balaban J connectivity index is 3.92. The second-order valence-electron chi connectivity index (χ2n) is 1.64. The van der Waals surface area contributed by atoms with Crippen LogP contribution in [0.2, 0.25) is 0 Å². The van der Waals surface area contributed by atoms with Crippen LogP contribution in [0.1, 0.15) is 6.42 Å². The van der Waals surface area contributed by atoms with Gasteiger partial charge in [-0.25, -0.2) is 4.79 Å². The highest BCUT2D eigenvalue weighted by molar-refractivity contribution is 7.80. The Labute approximate surface area is 74.6 Å². The van der Waals surface area contributed by atoms with Crippen molar-refractivity contribution in [3.8, 4) is 0 Å². The quantitative estimate of drug-likeness (QED) is 0.547. The van der Waals surface area contributed by atoms with Crippen molar-refractivity contribution in [2.24, 2.45) is 0 Å². The van der Waals surface area contributed by atoms with Crippen molar-refractivity contribution in [2.45, 2.75) is 6.42 Å². The minimum atomic E-state index is -1.16. The van der Waals surface area contributed by atoms with Gasteiger partial charge in [0.05, 0.1) is 7.11 Å². The summed E-state index contributed by atoms with van der Waals surface area (Å²) in [5.74, 6) is -1.16. The van der Waals surface area contributed by atoms with Gasteiger partial charge in [-0.05, 0) is 18.3 Å². The van der Waals surface area contributed by atoms with Crippen LogP contribution in [0.25, 0.3) is 0 Å². The number of aliphatic carboxylic acids is 1. The van der Waals surface area contributed by atoms with E-state index in [0.717, 1.165) is 0 Å². The molecule has 0 bridgehead atoms. The molecule has 0 aliphatic heterocycles. The molecule has 0 heterocycles. The number of thiocarbonyl (C=S) groups is 1. The molecule has 0 atom stereocenters. The van der Waals surface area contributed by atoms with E-state index in [1.54, 1.807) is 0 Å². The summed E-state index contributed by atoms with van der Waals surface area (Å²) in [7, 11) is 1.42. The largest absolute Gasteiger partial charge is 0.490 e. The number of carboxylic acid groups (broad SMARTS) is 1. The van der Waals surface area contributed by atoms with Crippen molar-refractivity contribution in [3.63, 3.8) is 0 Å². The number of hydrogen-bond acceptors (Lipinski definition) is 3. The molecule has 0 aromatic carbocycles. The maximum Gasteiger partial charge on any atom is 0.346 e. The summed E-state index contributed by atoms with van der Waals surface area (Å²) in [6.45, 7) is 0. The minimum absolute atomic E-state index is 0.246. The van der Waals surface area contributed by atoms with Gasteiger partial charge in [0.1, 0.15) is 5.03 Å². The molecule has 0 amide bonds. The third kappa shape index (κ3) is 4.75. The average Bonchev–Trinajstić information content (AvgIpc) is 1.99. The van der Waals surface area contributed by atoms with Gasteiger partial charge in [-0.3, -0.25) is 0 Å². The average molecular weight is 195 g/mol. The van der Waals surface area contributed by atoms with Crippen LogP contribution in [0.15, 0.2) is 11.1 Å². The van der Waals surface area contributed by atoms with Gasteiger partial charge in [-0.2, -0.15) is 0 Å². The first-order chi connectivity index (χ1) is 5.07. The van der Waals surface area contributed by atoms with E-state index in [2.05, 4.69) is 17.0 Å². The van der Waals surface area contributed by atoms with E-state index in [-0.39, 0.29) is 11.5 Å². The summed E-state index contributed by atoms with van der Waals surface area (Å²) in [5, 5.41) is 8.35. The fraction of sp³-hybridized carbons (Fsp3) is 0.333. The molecule has 0 unspecified atom stereocenters. The molecule has 0 spiro atoms. The number of methoxy groups -OCH3 is 1. The summed E-state index contributed by atoms with van der Waals surface area (Å²) in [4.78, 5) is 10.1. The first kappa shape index (κ1) is 10.4. The van der Waals surface area contributed by atoms with Crippen LogP contribution in [0.3, 0.4) is 0 Å². The van der Waals surface area contributed by atoms with Crippen molar-refractivity contribution >= 4 is 34.8 Å². The lowest BCUT2D eigenvalue weighted by molar-refractivity contribution is -0.131. The molecule has 1 N–H and O–H groups in total. The zero-order valence-electron chi connectivity index (χ0n) is 5.83. The molecule has 0 aromatic heterocycles. The van der Waals surface area contributed by atoms with Gasteiger partial charge in [-0.15, -0.1) is 0 Å². The van der Waals surface area contributed by atoms with Crippen molar-refractivity contribution in [2.75, 3.05) is 7.11 Å². The molecule has 0 saturated carbocycles. The van der Waals surface area contributed by atoms with Crippen LogP contribution in [0.4, 0.5) is 0 Å². The smallest absolute Gasteiger partial charge is 0.346 e. The molecule has 0 saturated heterocycles. The fourth-order valence-corrected chi connectivity index (χ4v) is 0.504. The second-order valence-corrected chi connectivity index (χ2v) is 2.50. The van der Waals surface area contributed by atoms with Gasteiger partial charge in [0.25, 0.3) is 0 Å². The van der Waals surface area contributed by atoms with Crippen LogP contribution in [0, 0.1) is 0 Å². The summed E-state index contributed by atoms with van der Waals surface area (Å²) in [6, 6.07) is 0. The Morgan fingerprint density at radius 3 is 2.73 bits per heavy atom. The van der Waals surface area contributed by atoms with Crippen LogP contribution in [-0.2, 0) is 9.53 Å². The lowest BCUT2D eigenvalue weighted by Crippen LogP contribution is -1.98. The molecule has 5 heteroatoms. The van der Waals surface area contributed by atoms with Crippen LogP contribution >= 0.6 is 23.8 Å². The van der Waals surface area contributed by atoms with E-state index >= 15 is 0 Å². The number of ether oxygens (including phenoxy) is 1. The van der Waals surface area contributed by atoms with Crippen molar-refractivity contribution < 1.29 is 14.6 Å². The third-order valence-corrected chi connectivity index (χ3v) is 1.53. The normalized spacial score (nSPS) is 10.9. The highest BCUT2D eigenvalue weighted by Gasteiger charge is 2.02. The Bertz CT molecular complexity index is 200. The first-order valence-corrected chi connectivity index (χ1v) is 3.52. The summed E-state index contributed by atoms with van der Waals surface area (Å²) >= 11 is 9.90. The Morgan fingerprint density at radius 1 is 1.82 bits per heavy atom. The van der Waals surface area contributed by atoms with Gasteiger partial charge in [0, 0.05) is 6.42 Å². The standard InChI is InChI=1S/C6H7ClO3S/c1-10-5(11)3-2-4(7)6(8)9/h2H,3H2,1H3,(H,8,9). The number of carboxylic acids is 1. The molecule has 0 radical (unpaired) electrons. The number of halogens is 1. The van der Waals surface area contributed by atoms with Crippen LogP contribution in [0.5, 0.6) is 0 Å². The van der Waals surface area contributed by atoms with E-state index in [9.17, 15) is 4.79 Å². The topological polar surface area (TPSA) is 46.5 Å². The number of carbonyl (C=O) groups is 1. The SMILES string of the molecule is COC(=S)CC=C(Cl)C(=O)O. The highest BCUT2D eigenvalue weighted by atomic mass is 35.5. The van der Waals surface area contributed by atoms with Gasteiger partial charge in [-0.1, -0.05) is 11.6 Å². The predicted molar refractivity (Wildman–Crippen MR) is 45.8 cm³/mol. The Hall–Kier alpha value is -0.610. The van der Waals surface area contributed by atoms with E-state index in [4.69, 9.17) is 16.7 Å². The first-order valence-electron chi connectivity index (χ1n) is 2.73. The number of rotatable bonds is 3. The van der Waals surface area contributed by atoms with E-state index in [1.807, 2.05) is 0 Å². The second kappa shape index (κ2) is 5.09. The van der Waals surface area contributed by atoms with Crippen molar-refractivity contribution in [1.29, 1.82) is 0 Å². The van der Waals surface area contributed by atoms with Crippen LogP contribution in [-0.4, -0.2) is 23.2 Å². The van der Waals surface area contributed by atoms with Crippen molar-refractivity contribution in [1.82, 2.24) is 0 Å². The maximum atomic E-state index is 10.1. The number of hydrogen-bond donors (Lipinski definition) is 1. The molecule has 0 aliphatic carbocycles. The van der Waals surface area contributed by atoms with Crippen molar-refractivity contribution in [3.05, 3.63) is 11.1 Å². The maximum absolute atomic E-state index is 10.1. The summed E-state index contributed by atoms with van der Waals surface area (Å²) < 4.78 is 4.62. The molecule has 11 heavy (non-hydrogen) atoms. The molecular weight excluding hydrogens is 188 g/mol. The fourth-order valence-electron chi connectivity index (χ4n) is 0.344.